The number of anilines is 1. The zero-order valence-electron chi connectivity index (χ0n) is 14.8. The molecule has 2 aromatic heterocycles. The van der Waals surface area contributed by atoms with Crippen LogP contribution in [0.5, 0.6) is 0 Å². The van der Waals surface area contributed by atoms with Gasteiger partial charge in [0.2, 0.25) is 0 Å². The van der Waals surface area contributed by atoms with Crippen molar-refractivity contribution >= 4 is 29.1 Å². The third-order valence-electron chi connectivity index (χ3n) is 4.95. The molecule has 2 heterocycles. The Hall–Kier alpha value is -2.07. The molecule has 1 saturated carbocycles. The number of aryl methyl sites for hydroxylation is 2. The number of rotatable bonds is 4. The van der Waals surface area contributed by atoms with Gasteiger partial charge in [0.15, 0.2) is 0 Å². The standard InChI is InChI=1S/C20H22FN3.ClH/c1-12-10-18-19(13(2)14(3)24(18)17-8-9-17)20(23-12)22-11-15-4-6-16(21)7-5-15;/h4-7,10,17H,8-9,11H2,1-3H3,(H,22,23);1H. The van der Waals surface area contributed by atoms with Crippen LogP contribution >= 0.6 is 12.4 Å². The highest BCUT2D eigenvalue weighted by molar-refractivity contribution is 5.95. The molecule has 3 nitrogen and oxygen atoms in total. The van der Waals surface area contributed by atoms with Gasteiger partial charge in [-0.2, -0.15) is 0 Å². The summed E-state index contributed by atoms with van der Waals surface area (Å²) in [5.74, 6) is 0.720. The van der Waals surface area contributed by atoms with E-state index in [1.165, 1.54) is 47.1 Å². The number of aromatic nitrogens is 2. The second kappa shape index (κ2) is 6.68. The van der Waals surface area contributed by atoms with Crippen molar-refractivity contribution in [2.45, 2.75) is 46.2 Å². The quantitative estimate of drug-likeness (QED) is 0.669. The number of hydrogen-bond acceptors (Lipinski definition) is 2. The summed E-state index contributed by atoms with van der Waals surface area (Å²) >= 11 is 0. The van der Waals surface area contributed by atoms with E-state index in [0.29, 0.717) is 12.6 Å². The van der Waals surface area contributed by atoms with Gasteiger partial charge in [0.05, 0.1) is 5.52 Å². The lowest BCUT2D eigenvalue weighted by atomic mass is 10.1. The number of pyridine rings is 1. The average Bonchev–Trinajstić information content (AvgIpc) is 3.35. The molecule has 0 saturated heterocycles. The van der Waals surface area contributed by atoms with Crippen molar-refractivity contribution in [3.63, 3.8) is 0 Å². The van der Waals surface area contributed by atoms with Gasteiger partial charge in [-0.3, -0.25) is 0 Å². The average molecular weight is 360 g/mol. The first-order chi connectivity index (χ1) is 11.5. The summed E-state index contributed by atoms with van der Waals surface area (Å²) in [5.41, 5.74) is 5.98. The van der Waals surface area contributed by atoms with Gasteiger partial charge in [0.25, 0.3) is 0 Å². The summed E-state index contributed by atoms with van der Waals surface area (Å²) in [6.45, 7) is 7.06. The molecule has 25 heavy (non-hydrogen) atoms. The zero-order chi connectivity index (χ0) is 16.8. The van der Waals surface area contributed by atoms with Crippen molar-refractivity contribution in [2.24, 2.45) is 0 Å². The van der Waals surface area contributed by atoms with Crippen molar-refractivity contribution in [2.75, 3.05) is 5.32 Å². The Bertz CT molecular complexity index is 911. The Morgan fingerprint density at radius 2 is 1.84 bits per heavy atom. The van der Waals surface area contributed by atoms with Crippen LogP contribution in [0.3, 0.4) is 0 Å². The van der Waals surface area contributed by atoms with Gasteiger partial charge in [0.1, 0.15) is 11.6 Å². The third kappa shape index (κ3) is 3.23. The molecule has 0 aliphatic heterocycles. The van der Waals surface area contributed by atoms with E-state index in [4.69, 9.17) is 4.98 Å². The van der Waals surface area contributed by atoms with E-state index in [-0.39, 0.29) is 18.2 Å². The Balaban J connectivity index is 0.00000182. The molecule has 1 fully saturated rings. The summed E-state index contributed by atoms with van der Waals surface area (Å²) < 4.78 is 15.5. The van der Waals surface area contributed by atoms with E-state index < -0.39 is 0 Å². The highest BCUT2D eigenvalue weighted by Gasteiger charge is 2.28. The monoisotopic (exact) mass is 359 g/mol. The molecular formula is C20H23ClFN3. The molecule has 1 N–H and O–H groups in total. The molecule has 0 unspecified atom stereocenters. The molecule has 0 radical (unpaired) electrons. The van der Waals surface area contributed by atoms with Crippen LogP contribution in [0.1, 0.15) is 41.4 Å². The van der Waals surface area contributed by atoms with Gasteiger partial charge in [-0.25, -0.2) is 9.37 Å². The van der Waals surface area contributed by atoms with Crippen molar-refractivity contribution < 1.29 is 4.39 Å². The number of hydrogen-bond donors (Lipinski definition) is 1. The largest absolute Gasteiger partial charge is 0.365 e. The number of halogens is 2. The minimum absolute atomic E-state index is 0. The molecule has 3 aromatic rings. The fourth-order valence-electron chi connectivity index (χ4n) is 3.48. The first-order valence-electron chi connectivity index (χ1n) is 8.51. The SMILES string of the molecule is Cc1cc2c(c(NCc3ccc(F)cc3)n1)c(C)c(C)n2C1CC1.Cl. The van der Waals surface area contributed by atoms with Crippen molar-refractivity contribution in [1.29, 1.82) is 0 Å². The maximum atomic E-state index is 13.1. The summed E-state index contributed by atoms with van der Waals surface area (Å²) in [6, 6.07) is 9.44. The second-order valence-corrected chi connectivity index (χ2v) is 6.80. The molecule has 1 aliphatic rings. The molecule has 132 valence electrons. The highest BCUT2D eigenvalue weighted by Crippen LogP contribution is 2.42. The van der Waals surface area contributed by atoms with Crippen LogP contribution in [0.15, 0.2) is 30.3 Å². The van der Waals surface area contributed by atoms with E-state index in [1.807, 2.05) is 19.1 Å². The maximum absolute atomic E-state index is 13.1. The van der Waals surface area contributed by atoms with Crippen molar-refractivity contribution in [3.8, 4) is 0 Å². The summed E-state index contributed by atoms with van der Waals surface area (Å²) in [6.07, 6.45) is 2.54. The van der Waals surface area contributed by atoms with E-state index in [1.54, 1.807) is 0 Å². The normalized spacial score (nSPS) is 13.8. The Labute approximate surface area is 153 Å². The number of nitrogens with one attached hydrogen (secondary N) is 1. The Morgan fingerprint density at radius 3 is 2.48 bits per heavy atom. The van der Waals surface area contributed by atoms with Gasteiger partial charge in [-0.15, -0.1) is 12.4 Å². The van der Waals surface area contributed by atoms with Gasteiger partial charge in [-0.05, 0) is 62.9 Å². The lowest BCUT2D eigenvalue weighted by Gasteiger charge is -2.10. The Kier molecular flexibility index (Phi) is 4.74. The molecule has 0 amide bonds. The van der Waals surface area contributed by atoms with Gasteiger partial charge in [0, 0.05) is 29.4 Å². The third-order valence-corrected chi connectivity index (χ3v) is 4.95. The predicted molar refractivity (Wildman–Crippen MR) is 103 cm³/mol. The van der Waals surface area contributed by atoms with Crippen LogP contribution in [-0.4, -0.2) is 9.55 Å². The topological polar surface area (TPSA) is 29.9 Å². The van der Waals surface area contributed by atoms with Crippen LogP contribution < -0.4 is 5.32 Å². The van der Waals surface area contributed by atoms with Crippen LogP contribution in [-0.2, 0) is 6.54 Å². The van der Waals surface area contributed by atoms with Gasteiger partial charge >= 0.3 is 0 Å². The molecule has 1 aromatic carbocycles. The fourth-order valence-corrected chi connectivity index (χ4v) is 3.48. The lowest BCUT2D eigenvalue weighted by Crippen LogP contribution is -2.03. The minimum atomic E-state index is -0.206. The van der Waals surface area contributed by atoms with Gasteiger partial charge < -0.3 is 9.88 Å². The van der Waals surface area contributed by atoms with E-state index in [2.05, 4.69) is 29.8 Å². The Morgan fingerprint density at radius 1 is 1.16 bits per heavy atom. The smallest absolute Gasteiger partial charge is 0.136 e. The maximum Gasteiger partial charge on any atom is 0.136 e. The molecule has 4 rings (SSSR count). The molecule has 0 spiro atoms. The molecule has 0 bridgehead atoms. The van der Waals surface area contributed by atoms with Crippen molar-refractivity contribution in [1.82, 2.24) is 9.55 Å². The first-order valence-corrected chi connectivity index (χ1v) is 8.51. The first kappa shape index (κ1) is 17.7. The zero-order valence-corrected chi connectivity index (χ0v) is 15.6. The minimum Gasteiger partial charge on any atom is -0.365 e. The number of benzene rings is 1. The van der Waals surface area contributed by atoms with Crippen LogP contribution in [0, 0.1) is 26.6 Å². The van der Waals surface area contributed by atoms with Crippen LogP contribution in [0.4, 0.5) is 10.2 Å². The summed E-state index contributed by atoms with van der Waals surface area (Å²) in [4.78, 5) is 4.73. The summed E-state index contributed by atoms with van der Waals surface area (Å²) in [7, 11) is 0. The lowest BCUT2D eigenvalue weighted by molar-refractivity contribution is 0.627. The fraction of sp³-hybridized carbons (Fsp3) is 0.350. The second-order valence-electron chi connectivity index (χ2n) is 6.80. The van der Waals surface area contributed by atoms with E-state index in [0.717, 1.165) is 17.1 Å². The molecular weight excluding hydrogens is 337 g/mol. The molecule has 1 aliphatic carbocycles. The number of fused-ring (bicyclic) bond motifs is 1. The van der Waals surface area contributed by atoms with Crippen LogP contribution in [0.2, 0.25) is 0 Å². The van der Waals surface area contributed by atoms with Gasteiger partial charge in [-0.1, -0.05) is 12.1 Å². The van der Waals surface area contributed by atoms with Crippen molar-refractivity contribution in [3.05, 3.63) is 58.7 Å². The number of nitrogens with zero attached hydrogens (tertiary/aromatic N) is 2. The molecule has 0 atom stereocenters. The summed E-state index contributed by atoms with van der Waals surface area (Å²) in [5, 5.41) is 4.67. The van der Waals surface area contributed by atoms with E-state index >= 15 is 0 Å². The molecule has 5 heteroatoms. The highest BCUT2D eigenvalue weighted by atomic mass is 35.5. The van der Waals surface area contributed by atoms with E-state index in [9.17, 15) is 4.39 Å². The predicted octanol–water partition coefficient (Wildman–Crippen LogP) is 5.47. The van der Waals surface area contributed by atoms with Crippen LogP contribution in [0.25, 0.3) is 10.9 Å².